The summed E-state index contributed by atoms with van der Waals surface area (Å²) < 4.78 is 60.5. The zero-order chi connectivity index (χ0) is 20.7. The Morgan fingerprint density at radius 1 is 1.10 bits per heavy atom. The first-order valence-corrected chi connectivity index (χ1v) is 8.54. The van der Waals surface area contributed by atoms with Crippen molar-refractivity contribution in [2.24, 2.45) is 0 Å². The third-order valence-corrected chi connectivity index (χ3v) is 4.67. The van der Waals surface area contributed by atoms with E-state index in [4.69, 9.17) is 21.3 Å². The first kappa shape index (κ1) is 19.0. The van der Waals surface area contributed by atoms with Gasteiger partial charge in [-0.15, -0.1) is 10.2 Å². The molecule has 0 atom stereocenters. The molecule has 0 bridgehead atoms. The number of benzene rings is 2. The molecule has 0 aliphatic heterocycles. The monoisotopic (exact) mass is 420 g/mol. The van der Waals surface area contributed by atoms with E-state index >= 15 is 0 Å². The number of nitrogens with zero attached hydrogens (tertiary/aromatic N) is 4. The fourth-order valence-electron chi connectivity index (χ4n) is 3.01. The van der Waals surface area contributed by atoms with Crippen molar-refractivity contribution in [2.45, 2.75) is 13.0 Å². The Morgan fingerprint density at radius 2 is 1.83 bits per heavy atom. The van der Waals surface area contributed by atoms with E-state index in [1.54, 1.807) is 0 Å². The second-order valence-electron chi connectivity index (χ2n) is 6.09. The lowest BCUT2D eigenvalue weighted by atomic mass is 10.1. The van der Waals surface area contributed by atoms with Crippen LogP contribution in [0.15, 0.2) is 40.8 Å². The van der Waals surface area contributed by atoms with Crippen molar-refractivity contribution in [3.8, 4) is 17.5 Å². The lowest BCUT2D eigenvalue weighted by Crippen LogP contribution is -2.05. The Kier molecular flexibility index (Phi) is 4.72. The number of rotatable bonds is 4. The molecule has 0 saturated carbocycles. The molecule has 0 radical (unpaired) electrons. The minimum absolute atomic E-state index is 0.0226. The molecule has 0 aliphatic carbocycles. The molecular weight excluding hydrogens is 412 g/mol. The molecule has 29 heavy (non-hydrogen) atoms. The fourth-order valence-corrected chi connectivity index (χ4v) is 3.27. The van der Waals surface area contributed by atoms with Gasteiger partial charge in [0.25, 0.3) is 6.43 Å². The number of hydrogen-bond acceptors (Lipinski definition) is 4. The molecule has 0 saturated heterocycles. The van der Waals surface area contributed by atoms with E-state index in [0.717, 1.165) is 12.1 Å². The van der Waals surface area contributed by atoms with Gasteiger partial charge >= 0.3 is 0 Å². The average Bonchev–Trinajstić information content (AvgIpc) is 3.27. The smallest absolute Gasteiger partial charge is 0.278 e. The molecule has 2 heterocycles. The Bertz CT molecular complexity index is 1260. The predicted octanol–water partition coefficient (Wildman–Crippen LogP) is 5.48. The molecule has 0 unspecified atom stereocenters. The van der Waals surface area contributed by atoms with Gasteiger partial charge in [-0.2, -0.15) is 5.26 Å². The summed E-state index contributed by atoms with van der Waals surface area (Å²) in [5.41, 5.74) is 0.175. The van der Waals surface area contributed by atoms with Gasteiger partial charge in [0.1, 0.15) is 24.2 Å². The van der Waals surface area contributed by atoms with E-state index < -0.39 is 18.1 Å². The molecule has 5 nitrogen and oxygen atoms in total. The van der Waals surface area contributed by atoms with Gasteiger partial charge in [0.05, 0.1) is 21.8 Å². The minimum Gasteiger partial charge on any atom is -0.419 e. The van der Waals surface area contributed by atoms with Crippen LogP contribution in [0.2, 0.25) is 5.02 Å². The third kappa shape index (κ3) is 3.43. The van der Waals surface area contributed by atoms with E-state index in [0.29, 0.717) is 11.6 Å². The highest BCUT2D eigenvalue weighted by Crippen LogP contribution is 2.34. The zero-order valence-electron chi connectivity index (χ0n) is 14.3. The second kappa shape index (κ2) is 7.22. The topological polar surface area (TPSA) is 67.6 Å². The lowest BCUT2D eigenvalue weighted by Gasteiger charge is -2.08. The number of fused-ring (bicyclic) bond motifs is 1. The number of hydrogen-bond donors (Lipinski definition) is 0. The minimum atomic E-state index is -2.83. The van der Waals surface area contributed by atoms with Crippen LogP contribution in [0.5, 0.6) is 0 Å². The van der Waals surface area contributed by atoms with Gasteiger partial charge in [0.2, 0.25) is 11.8 Å². The van der Waals surface area contributed by atoms with Crippen LogP contribution < -0.4 is 0 Å². The van der Waals surface area contributed by atoms with Crippen molar-refractivity contribution >= 4 is 22.5 Å². The van der Waals surface area contributed by atoms with Gasteiger partial charge in [-0.25, -0.2) is 17.6 Å². The van der Waals surface area contributed by atoms with Crippen molar-refractivity contribution in [2.75, 3.05) is 0 Å². The van der Waals surface area contributed by atoms with Gasteiger partial charge in [-0.05, 0) is 30.3 Å². The van der Waals surface area contributed by atoms with Gasteiger partial charge in [-0.3, -0.25) is 0 Å². The summed E-state index contributed by atoms with van der Waals surface area (Å²) in [6, 6.07) is 8.73. The summed E-state index contributed by atoms with van der Waals surface area (Å²) in [4.78, 5) is 0. The Labute approximate surface area is 165 Å². The summed E-state index contributed by atoms with van der Waals surface area (Å²) in [7, 11) is 0. The van der Waals surface area contributed by atoms with Crippen LogP contribution >= 0.6 is 11.6 Å². The van der Waals surface area contributed by atoms with Crippen LogP contribution in [0.4, 0.5) is 17.6 Å². The number of halogens is 5. The Hall–Kier alpha value is -3.38. The molecule has 4 rings (SSSR count). The highest BCUT2D eigenvalue weighted by molar-refractivity contribution is 6.36. The summed E-state index contributed by atoms with van der Waals surface area (Å²) >= 11 is 6.15. The second-order valence-corrected chi connectivity index (χ2v) is 6.46. The van der Waals surface area contributed by atoms with Crippen molar-refractivity contribution < 1.29 is 22.0 Å². The van der Waals surface area contributed by atoms with E-state index in [1.165, 1.54) is 22.8 Å². The summed E-state index contributed by atoms with van der Waals surface area (Å²) in [6.07, 6.45) is -2.83. The van der Waals surface area contributed by atoms with Gasteiger partial charge in [-0.1, -0.05) is 11.6 Å². The summed E-state index contributed by atoms with van der Waals surface area (Å²) in [6.45, 7) is -0.226. The van der Waals surface area contributed by atoms with Gasteiger partial charge in [0.15, 0.2) is 0 Å². The summed E-state index contributed by atoms with van der Waals surface area (Å²) in [5.74, 6) is -1.85. The van der Waals surface area contributed by atoms with Gasteiger partial charge in [0, 0.05) is 17.0 Å². The molecule has 10 heteroatoms. The molecule has 2 aromatic carbocycles. The largest absolute Gasteiger partial charge is 0.419 e. The van der Waals surface area contributed by atoms with Crippen LogP contribution in [-0.2, 0) is 6.54 Å². The number of nitriles is 1. The molecule has 0 amide bonds. The molecular formula is C19H9ClF4N4O. The Morgan fingerprint density at radius 3 is 2.48 bits per heavy atom. The lowest BCUT2D eigenvalue weighted by molar-refractivity contribution is 0.141. The van der Waals surface area contributed by atoms with Crippen LogP contribution in [0.25, 0.3) is 22.4 Å². The van der Waals surface area contributed by atoms with Crippen molar-refractivity contribution in [1.82, 2.24) is 14.8 Å². The zero-order valence-corrected chi connectivity index (χ0v) is 15.1. The van der Waals surface area contributed by atoms with Crippen LogP contribution in [0.1, 0.15) is 23.6 Å². The molecule has 0 spiro atoms. The van der Waals surface area contributed by atoms with Crippen molar-refractivity contribution in [1.29, 1.82) is 5.26 Å². The van der Waals surface area contributed by atoms with Crippen LogP contribution in [0.3, 0.4) is 0 Å². The quantitative estimate of drug-likeness (QED) is 0.410. The average molecular weight is 421 g/mol. The summed E-state index contributed by atoms with van der Waals surface area (Å²) in [5, 5.41) is 16.9. The fraction of sp³-hybridized carbons (Fsp3) is 0.105. The van der Waals surface area contributed by atoms with Crippen LogP contribution in [0, 0.1) is 23.0 Å². The molecule has 0 aliphatic rings. The number of alkyl halides is 2. The van der Waals surface area contributed by atoms with Crippen molar-refractivity contribution in [3.05, 3.63) is 70.2 Å². The standard InChI is InChI=1S/C19H9ClF4N4O/c20-17-9(7-25)1-2-14-13(17)6-15(18(23)24)28(14)8-16-26-27-19(29-16)10-3-11(21)5-12(22)4-10/h1-6,18H,8H2. The van der Waals surface area contributed by atoms with E-state index in [1.807, 2.05) is 6.07 Å². The normalized spacial score (nSPS) is 11.3. The third-order valence-electron chi connectivity index (χ3n) is 4.27. The molecule has 2 aromatic heterocycles. The van der Waals surface area contributed by atoms with E-state index in [-0.39, 0.29) is 45.6 Å². The van der Waals surface area contributed by atoms with Crippen molar-refractivity contribution in [3.63, 3.8) is 0 Å². The first-order chi connectivity index (χ1) is 13.9. The first-order valence-electron chi connectivity index (χ1n) is 8.16. The number of aromatic nitrogens is 3. The SMILES string of the molecule is N#Cc1ccc2c(cc(C(F)F)n2Cc2nnc(-c3cc(F)cc(F)c3)o2)c1Cl. The molecule has 0 fully saturated rings. The van der Waals surface area contributed by atoms with E-state index in [2.05, 4.69) is 10.2 Å². The van der Waals surface area contributed by atoms with Gasteiger partial charge < -0.3 is 8.98 Å². The molecule has 4 aromatic rings. The maximum absolute atomic E-state index is 13.6. The van der Waals surface area contributed by atoms with Crippen LogP contribution in [-0.4, -0.2) is 14.8 Å². The maximum atomic E-state index is 13.6. The Balaban J connectivity index is 1.77. The molecule has 146 valence electrons. The maximum Gasteiger partial charge on any atom is 0.278 e. The highest BCUT2D eigenvalue weighted by Gasteiger charge is 2.21. The highest BCUT2D eigenvalue weighted by atomic mass is 35.5. The predicted molar refractivity (Wildman–Crippen MR) is 95.4 cm³/mol. The molecule has 0 N–H and O–H groups in total. The van der Waals surface area contributed by atoms with E-state index in [9.17, 15) is 17.6 Å².